The van der Waals surface area contributed by atoms with Crippen molar-refractivity contribution in [3.63, 3.8) is 0 Å². The SMILES string of the molecule is CCCc1ccc(C(COCCOC(C)C)NCC)cc1. The second kappa shape index (κ2) is 10.8. The number of benzene rings is 1. The highest BCUT2D eigenvalue weighted by molar-refractivity contribution is 5.25. The molecule has 21 heavy (non-hydrogen) atoms. The lowest BCUT2D eigenvalue weighted by molar-refractivity contribution is 0.0138. The van der Waals surface area contributed by atoms with Gasteiger partial charge in [0, 0.05) is 0 Å². The molecule has 0 saturated heterocycles. The van der Waals surface area contributed by atoms with Gasteiger partial charge in [-0.1, -0.05) is 44.5 Å². The Morgan fingerprint density at radius 3 is 2.33 bits per heavy atom. The van der Waals surface area contributed by atoms with Crippen molar-refractivity contribution in [3.05, 3.63) is 35.4 Å². The molecule has 1 aromatic rings. The molecule has 0 aromatic heterocycles. The van der Waals surface area contributed by atoms with Crippen LogP contribution < -0.4 is 5.32 Å². The molecule has 0 amide bonds. The number of nitrogens with one attached hydrogen (secondary N) is 1. The Bertz CT molecular complexity index is 362. The molecule has 3 nitrogen and oxygen atoms in total. The first kappa shape index (κ1) is 18.1. The topological polar surface area (TPSA) is 30.5 Å². The van der Waals surface area contributed by atoms with Crippen molar-refractivity contribution in [1.82, 2.24) is 5.32 Å². The summed E-state index contributed by atoms with van der Waals surface area (Å²) in [6, 6.07) is 9.14. The molecule has 0 radical (unpaired) electrons. The van der Waals surface area contributed by atoms with Crippen LogP contribution in [0.1, 0.15) is 51.3 Å². The second-order valence-electron chi connectivity index (χ2n) is 5.60. The molecule has 0 aliphatic heterocycles. The minimum atomic E-state index is 0.254. The summed E-state index contributed by atoms with van der Waals surface area (Å²) in [6.07, 6.45) is 2.61. The fraction of sp³-hybridized carbons (Fsp3) is 0.667. The first-order valence-corrected chi connectivity index (χ1v) is 8.18. The Kier molecular flexibility index (Phi) is 9.31. The van der Waals surface area contributed by atoms with E-state index < -0.39 is 0 Å². The van der Waals surface area contributed by atoms with Gasteiger partial charge in [0.2, 0.25) is 0 Å². The van der Waals surface area contributed by atoms with Crippen molar-refractivity contribution in [1.29, 1.82) is 0 Å². The molecule has 1 atom stereocenters. The summed E-state index contributed by atoms with van der Waals surface area (Å²) in [5.41, 5.74) is 2.70. The van der Waals surface area contributed by atoms with E-state index in [0.717, 1.165) is 13.0 Å². The number of ether oxygens (including phenoxy) is 2. The molecule has 0 heterocycles. The van der Waals surface area contributed by atoms with Crippen molar-refractivity contribution in [3.8, 4) is 0 Å². The van der Waals surface area contributed by atoms with E-state index in [1.807, 2.05) is 13.8 Å². The monoisotopic (exact) mass is 293 g/mol. The Labute approximate surface area is 130 Å². The third-order valence-electron chi connectivity index (χ3n) is 3.33. The molecule has 0 bridgehead atoms. The van der Waals surface area contributed by atoms with Crippen LogP contribution in [0.25, 0.3) is 0 Å². The van der Waals surface area contributed by atoms with Gasteiger partial charge in [-0.25, -0.2) is 0 Å². The van der Waals surface area contributed by atoms with Gasteiger partial charge in [0.15, 0.2) is 0 Å². The molecule has 0 fully saturated rings. The van der Waals surface area contributed by atoms with Gasteiger partial charge < -0.3 is 14.8 Å². The van der Waals surface area contributed by atoms with E-state index in [2.05, 4.69) is 43.4 Å². The second-order valence-corrected chi connectivity index (χ2v) is 5.60. The van der Waals surface area contributed by atoms with E-state index in [0.29, 0.717) is 19.8 Å². The predicted octanol–water partition coefficient (Wildman–Crippen LogP) is 3.73. The lowest BCUT2D eigenvalue weighted by atomic mass is 10.0. The minimum absolute atomic E-state index is 0.254. The molecular weight excluding hydrogens is 262 g/mol. The average Bonchev–Trinajstić information content (AvgIpc) is 2.47. The Hall–Kier alpha value is -0.900. The van der Waals surface area contributed by atoms with Crippen LogP contribution in [0, 0.1) is 0 Å². The van der Waals surface area contributed by atoms with Gasteiger partial charge in [0.1, 0.15) is 0 Å². The predicted molar refractivity (Wildman–Crippen MR) is 88.8 cm³/mol. The zero-order valence-electron chi connectivity index (χ0n) is 14.0. The van der Waals surface area contributed by atoms with Crippen molar-refractivity contribution in [2.75, 3.05) is 26.4 Å². The Morgan fingerprint density at radius 2 is 1.76 bits per heavy atom. The van der Waals surface area contributed by atoms with Crippen molar-refractivity contribution < 1.29 is 9.47 Å². The molecule has 0 saturated carbocycles. The Morgan fingerprint density at radius 1 is 1.05 bits per heavy atom. The van der Waals surface area contributed by atoms with E-state index in [1.165, 1.54) is 17.5 Å². The van der Waals surface area contributed by atoms with Crippen LogP contribution in [0.5, 0.6) is 0 Å². The van der Waals surface area contributed by atoms with Gasteiger partial charge in [0.25, 0.3) is 0 Å². The summed E-state index contributed by atoms with van der Waals surface area (Å²) in [6.45, 7) is 11.3. The summed E-state index contributed by atoms with van der Waals surface area (Å²) in [4.78, 5) is 0. The number of aryl methyl sites for hydroxylation is 1. The van der Waals surface area contributed by atoms with E-state index >= 15 is 0 Å². The lowest BCUT2D eigenvalue weighted by Gasteiger charge is -2.19. The van der Waals surface area contributed by atoms with Gasteiger partial charge in [-0.15, -0.1) is 0 Å². The lowest BCUT2D eigenvalue weighted by Crippen LogP contribution is -2.26. The van der Waals surface area contributed by atoms with Crippen molar-refractivity contribution in [2.45, 2.75) is 52.7 Å². The van der Waals surface area contributed by atoms with E-state index in [-0.39, 0.29) is 12.1 Å². The van der Waals surface area contributed by atoms with E-state index in [4.69, 9.17) is 9.47 Å². The molecule has 120 valence electrons. The van der Waals surface area contributed by atoms with Crippen LogP contribution in [0.3, 0.4) is 0 Å². The average molecular weight is 293 g/mol. The maximum atomic E-state index is 5.74. The van der Waals surface area contributed by atoms with E-state index in [1.54, 1.807) is 0 Å². The largest absolute Gasteiger partial charge is 0.377 e. The quantitative estimate of drug-likeness (QED) is 0.631. The summed E-state index contributed by atoms with van der Waals surface area (Å²) >= 11 is 0. The fourth-order valence-corrected chi connectivity index (χ4v) is 2.27. The standard InChI is InChI=1S/C18H31NO2/c1-5-7-16-8-10-17(11-9-16)18(19-6-2)14-20-12-13-21-15(3)4/h8-11,15,18-19H,5-7,12-14H2,1-4H3. The summed E-state index contributed by atoms with van der Waals surface area (Å²) in [5.74, 6) is 0. The molecule has 1 rings (SSSR count). The number of likely N-dealkylation sites (N-methyl/N-ethyl adjacent to an activating group) is 1. The molecule has 1 N–H and O–H groups in total. The van der Waals surface area contributed by atoms with Gasteiger partial charge in [0.05, 0.1) is 32.0 Å². The van der Waals surface area contributed by atoms with Crippen LogP contribution in [0.4, 0.5) is 0 Å². The van der Waals surface area contributed by atoms with Gasteiger partial charge >= 0.3 is 0 Å². The maximum Gasteiger partial charge on any atom is 0.0703 e. The van der Waals surface area contributed by atoms with Gasteiger partial charge in [-0.3, -0.25) is 0 Å². The van der Waals surface area contributed by atoms with Crippen molar-refractivity contribution >= 4 is 0 Å². The molecule has 1 aromatic carbocycles. The summed E-state index contributed by atoms with van der Waals surface area (Å²) < 4.78 is 11.2. The first-order chi connectivity index (χ1) is 10.2. The molecule has 0 aliphatic carbocycles. The zero-order valence-corrected chi connectivity index (χ0v) is 14.0. The zero-order chi connectivity index (χ0) is 15.5. The molecule has 0 spiro atoms. The third-order valence-corrected chi connectivity index (χ3v) is 3.33. The summed E-state index contributed by atoms with van der Waals surface area (Å²) in [7, 11) is 0. The number of hydrogen-bond acceptors (Lipinski definition) is 3. The highest BCUT2D eigenvalue weighted by atomic mass is 16.5. The minimum Gasteiger partial charge on any atom is -0.377 e. The molecular formula is C18H31NO2. The fourth-order valence-electron chi connectivity index (χ4n) is 2.27. The highest BCUT2D eigenvalue weighted by Gasteiger charge is 2.10. The number of rotatable bonds is 11. The molecule has 3 heteroatoms. The van der Waals surface area contributed by atoms with Crippen LogP contribution >= 0.6 is 0 Å². The number of hydrogen-bond donors (Lipinski definition) is 1. The third kappa shape index (κ3) is 7.60. The van der Waals surface area contributed by atoms with Gasteiger partial charge in [-0.2, -0.15) is 0 Å². The van der Waals surface area contributed by atoms with Crippen LogP contribution in [0.15, 0.2) is 24.3 Å². The highest BCUT2D eigenvalue weighted by Crippen LogP contribution is 2.15. The molecule has 0 aliphatic rings. The van der Waals surface area contributed by atoms with Crippen LogP contribution in [-0.4, -0.2) is 32.5 Å². The van der Waals surface area contributed by atoms with Crippen molar-refractivity contribution in [2.24, 2.45) is 0 Å². The first-order valence-electron chi connectivity index (χ1n) is 8.18. The summed E-state index contributed by atoms with van der Waals surface area (Å²) in [5, 5.41) is 3.48. The van der Waals surface area contributed by atoms with Crippen LogP contribution in [-0.2, 0) is 15.9 Å². The normalized spacial score (nSPS) is 12.8. The Balaban J connectivity index is 2.44. The van der Waals surface area contributed by atoms with Crippen LogP contribution in [0.2, 0.25) is 0 Å². The maximum absolute atomic E-state index is 5.74. The van der Waals surface area contributed by atoms with E-state index in [9.17, 15) is 0 Å². The van der Waals surface area contributed by atoms with Gasteiger partial charge in [-0.05, 0) is 37.9 Å². The molecule has 1 unspecified atom stereocenters. The smallest absolute Gasteiger partial charge is 0.0703 e.